The Morgan fingerprint density at radius 3 is 3.04 bits per heavy atom. The zero-order chi connectivity index (χ0) is 16.2. The van der Waals surface area contributed by atoms with Crippen LogP contribution in [0, 0.1) is 6.92 Å². The van der Waals surface area contributed by atoms with Crippen molar-refractivity contribution < 1.29 is 4.79 Å². The van der Waals surface area contributed by atoms with Crippen molar-refractivity contribution in [3.8, 4) is 0 Å². The summed E-state index contributed by atoms with van der Waals surface area (Å²) in [6.45, 7) is 6.59. The van der Waals surface area contributed by atoms with Crippen LogP contribution >= 0.6 is 11.3 Å². The van der Waals surface area contributed by atoms with Crippen LogP contribution in [-0.4, -0.2) is 38.4 Å². The van der Waals surface area contributed by atoms with Gasteiger partial charge in [-0.15, -0.1) is 11.3 Å². The van der Waals surface area contributed by atoms with E-state index in [1.54, 1.807) is 11.3 Å². The summed E-state index contributed by atoms with van der Waals surface area (Å²) in [4.78, 5) is 24.6. The highest BCUT2D eigenvalue weighted by Crippen LogP contribution is 2.30. The quantitative estimate of drug-likeness (QED) is 0.846. The number of nitrogens with zero attached hydrogens (tertiary/aromatic N) is 4. The predicted octanol–water partition coefficient (Wildman–Crippen LogP) is 3.01. The summed E-state index contributed by atoms with van der Waals surface area (Å²) in [5, 5.41) is 1.18. The van der Waals surface area contributed by atoms with Gasteiger partial charge in [0.2, 0.25) is 5.91 Å². The van der Waals surface area contributed by atoms with E-state index in [1.807, 2.05) is 23.5 Å². The number of piperidine rings is 1. The molecular formula is C17H24N4OS. The van der Waals surface area contributed by atoms with E-state index >= 15 is 0 Å². The van der Waals surface area contributed by atoms with Crippen molar-refractivity contribution in [1.29, 1.82) is 0 Å². The lowest BCUT2D eigenvalue weighted by molar-refractivity contribution is -0.132. The minimum Gasteiger partial charge on any atom is -0.342 e. The van der Waals surface area contributed by atoms with Crippen molar-refractivity contribution in [2.45, 2.75) is 52.0 Å². The second-order valence-corrected chi connectivity index (χ2v) is 7.39. The lowest BCUT2D eigenvalue weighted by Gasteiger charge is -2.32. The van der Waals surface area contributed by atoms with Gasteiger partial charge >= 0.3 is 0 Å². The van der Waals surface area contributed by atoms with Crippen LogP contribution in [0.15, 0.2) is 18.6 Å². The van der Waals surface area contributed by atoms with Crippen LogP contribution in [-0.2, 0) is 17.8 Å². The van der Waals surface area contributed by atoms with Crippen LogP contribution in [0.25, 0.3) is 0 Å². The molecule has 0 radical (unpaired) electrons. The molecule has 0 aliphatic carbocycles. The van der Waals surface area contributed by atoms with Gasteiger partial charge in [0.1, 0.15) is 5.82 Å². The third-order valence-electron chi connectivity index (χ3n) is 4.45. The first kappa shape index (κ1) is 16.2. The molecule has 3 heterocycles. The molecule has 0 saturated carbocycles. The number of hydrogen-bond donors (Lipinski definition) is 0. The van der Waals surface area contributed by atoms with Crippen molar-refractivity contribution in [1.82, 2.24) is 19.4 Å². The maximum Gasteiger partial charge on any atom is 0.224 e. The second kappa shape index (κ2) is 7.25. The Hall–Kier alpha value is -1.69. The number of imidazole rings is 1. The highest BCUT2D eigenvalue weighted by atomic mass is 32.1. The van der Waals surface area contributed by atoms with Gasteiger partial charge in [0.25, 0.3) is 0 Å². The van der Waals surface area contributed by atoms with Crippen molar-refractivity contribution >= 4 is 17.2 Å². The van der Waals surface area contributed by atoms with E-state index in [9.17, 15) is 4.79 Å². The Balaban J connectivity index is 1.57. The zero-order valence-corrected chi connectivity index (χ0v) is 14.7. The third-order valence-corrected chi connectivity index (χ3v) is 5.52. The highest BCUT2D eigenvalue weighted by molar-refractivity contribution is 7.11. The van der Waals surface area contributed by atoms with E-state index in [4.69, 9.17) is 0 Å². The second-order valence-electron chi connectivity index (χ2n) is 6.13. The van der Waals surface area contributed by atoms with Crippen LogP contribution in [0.2, 0.25) is 0 Å². The van der Waals surface area contributed by atoms with Gasteiger partial charge in [-0.3, -0.25) is 4.79 Å². The summed E-state index contributed by atoms with van der Waals surface area (Å²) in [6.07, 6.45) is 9.36. The number of aryl methyl sites for hydroxylation is 3. The normalized spacial score (nSPS) is 18.3. The molecule has 0 unspecified atom stereocenters. The van der Waals surface area contributed by atoms with Crippen molar-refractivity contribution in [2.24, 2.45) is 0 Å². The summed E-state index contributed by atoms with van der Waals surface area (Å²) in [6, 6.07) is 0. The largest absolute Gasteiger partial charge is 0.342 e. The van der Waals surface area contributed by atoms with Gasteiger partial charge in [-0.1, -0.05) is 6.92 Å². The number of carbonyl (C=O) groups is 1. The van der Waals surface area contributed by atoms with Crippen LogP contribution in [0.1, 0.15) is 47.8 Å². The first-order valence-corrected chi connectivity index (χ1v) is 9.19. The SMILES string of the molecule is CCc1nccn1CCC(=O)N1CCC[C@@H](c2ncc(C)s2)C1. The summed E-state index contributed by atoms with van der Waals surface area (Å²) in [5.74, 6) is 1.71. The van der Waals surface area contributed by atoms with Crippen LogP contribution < -0.4 is 0 Å². The number of rotatable bonds is 5. The van der Waals surface area contributed by atoms with Crippen LogP contribution in [0.4, 0.5) is 0 Å². The van der Waals surface area contributed by atoms with E-state index in [0.717, 1.165) is 44.7 Å². The molecule has 1 saturated heterocycles. The van der Waals surface area contributed by atoms with Gasteiger partial charge in [-0.25, -0.2) is 9.97 Å². The fourth-order valence-corrected chi connectivity index (χ4v) is 4.10. The molecule has 5 nitrogen and oxygen atoms in total. The molecule has 1 aliphatic rings. The topological polar surface area (TPSA) is 51.0 Å². The van der Waals surface area contributed by atoms with E-state index in [0.29, 0.717) is 12.3 Å². The maximum absolute atomic E-state index is 12.6. The van der Waals surface area contributed by atoms with E-state index in [1.165, 1.54) is 9.88 Å². The standard InChI is InChI=1S/C17H24N4OS/c1-3-15-18-7-10-20(15)9-6-16(22)21-8-4-5-14(12-21)17-19-11-13(2)23-17/h7,10-11,14H,3-6,8-9,12H2,1-2H3/t14-/m1/s1. The molecular weight excluding hydrogens is 308 g/mol. The third kappa shape index (κ3) is 3.80. The molecule has 3 rings (SSSR count). The first-order chi connectivity index (χ1) is 11.2. The van der Waals surface area contributed by atoms with Gasteiger partial charge in [-0.05, 0) is 19.8 Å². The molecule has 0 N–H and O–H groups in total. The molecule has 6 heteroatoms. The number of hydrogen-bond acceptors (Lipinski definition) is 4. The Morgan fingerprint density at radius 1 is 1.43 bits per heavy atom. The van der Waals surface area contributed by atoms with Crippen molar-refractivity contribution in [3.63, 3.8) is 0 Å². The monoisotopic (exact) mass is 332 g/mol. The van der Waals surface area contributed by atoms with Gasteiger partial charge < -0.3 is 9.47 Å². The maximum atomic E-state index is 12.6. The van der Waals surface area contributed by atoms with Crippen molar-refractivity contribution in [3.05, 3.63) is 34.3 Å². The molecule has 0 aromatic carbocycles. The molecule has 124 valence electrons. The minimum atomic E-state index is 0.249. The molecule has 23 heavy (non-hydrogen) atoms. The molecule has 0 spiro atoms. The van der Waals surface area contributed by atoms with E-state index in [-0.39, 0.29) is 5.91 Å². The molecule has 2 aromatic heterocycles. The van der Waals surface area contributed by atoms with E-state index < -0.39 is 0 Å². The molecule has 1 atom stereocenters. The van der Waals surface area contributed by atoms with Crippen molar-refractivity contribution in [2.75, 3.05) is 13.1 Å². The Morgan fingerprint density at radius 2 is 2.30 bits per heavy atom. The van der Waals surface area contributed by atoms with Crippen LogP contribution in [0.5, 0.6) is 0 Å². The fourth-order valence-electron chi connectivity index (χ4n) is 3.20. The molecule has 1 aliphatic heterocycles. The van der Waals surface area contributed by atoms with Gasteiger partial charge in [0, 0.05) is 61.9 Å². The highest BCUT2D eigenvalue weighted by Gasteiger charge is 2.26. The lowest BCUT2D eigenvalue weighted by atomic mass is 9.98. The average molecular weight is 332 g/mol. The molecule has 0 bridgehead atoms. The summed E-state index contributed by atoms with van der Waals surface area (Å²) in [5.41, 5.74) is 0. The van der Waals surface area contributed by atoms with E-state index in [2.05, 4.69) is 28.4 Å². The number of carbonyl (C=O) groups excluding carboxylic acids is 1. The predicted molar refractivity (Wildman–Crippen MR) is 91.6 cm³/mol. The zero-order valence-electron chi connectivity index (χ0n) is 13.9. The number of amides is 1. The summed E-state index contributed by atoms with van der Waals surface area (Å²) in [7, 11) is 0. The summed E-state index contributed by atoms with van der Waals surface area (Å²) < 4.78 is 2.09. The number of thiazole rings is 1. The average Bonchev–Trinajstić information content (AvgIpc) is 3.21. The first-order valence-electron chi connectivity index (χ1n) is 8.37. The molecule has 2 aromatic rings. The fraction of sp³-hybridized carbons (Fsp3) is 0.588. The van der Waals surface area contributed by atoms with Gasteiger partial charge in [-0.2, -0.15) is 0 Å². The molecule has 1 fully saturated rings. The Kier molecular flexibility index (Phi) is 5.10. The minimum absolute atomic E-state index is 0.249. The van der Waals surface area contributed by atoms with Gasteiger partial charge in [0.15, 0.2) is 0 Å². The number of likely N-dealkylation sites (tertiary alicyclic amines) is 1. The molecule has 1 amide bonds. The smallest absolute Gasteiger partial charge is 0.224 e. The lowest BCUT2D eigenvalue weighted by Crippen LogP contribution is -2.39. The van der Waals surface area contributed by atoms with Crippen LogP contribution in [0.3, 0.4) is 0 Å². The summed E-state index contributed by atoms with van der Waals surface area (Å²) >= 11 is 1.76. The van der Waals surface area contributed by atoms with Gasteiger partial charge in [0.05, 0.1) is 5.01 Å². The Labute approximate surface area is 141 Å². The Bertz CT molecular complexity index is 663. The number of aromatic nitrogens is 3.